The van der Waals surface area contributed by atoms with Gasteiger partial charge < -0.3 is 5.73 Å². The van der Waals surface area contributed by atoms with E-state index in [9.17, 15) is 0 Å². The molecule has 0 aliphatic heterocycles. The van der Waals surface area contributed by atoms with Crippen LogP contribution in [0.3, 0.4) is 0 Å². The molecular weight excluding hydrogens is 176 g/mol. The first-order chi connectivity index (χ1) is 6.79. The van der Waals surface area contributed by atoms with Gasteiger partial charge in [-0.25, -0.2) is 4.98 Å². The number of aryl methyl sites for hydroxylation is 1. The second-order valence-electron chi connectivity index (χ2n) is 3.85. The molecular formula is C10H16N4. The van der Waals surface area contributed by atoms with Crippen molar-refractivity contribution in [1.82, 2.24) is 15.0 Å². The van der Waals surface area contributed by atoms with Crippen LogP contribution in [-0.4, -0.2) is 15.0 Å². The molecule has 4 heteroatoms. The van der Waals surface area contributed by atoms with Crippen LogP contribution < -0.4 is 5.73 Å². The summed E-state index contributed by atoms with van der Waals surface area (Å²) >= 11 is 0. The summed E-state index contributed by atoms with van der Waals surface area (Å²) in [6.45, 7) is 2.11. The zero-order valence-corrected chi connectivity index (χ0v) is 8.53. The molecule has 2 rings (SSSR count). The molecule has 1 aliphatic carbocycles. The molecule has 0 atom stereocenters. The molecule has 0 unspecified atom stereocenters. The molecule has 0 spiro atoms. The Bertz CT molecular complexity index is 320. The predicted octanol–water partition coefficient (Wildman–Crippen LogP) is 1.67. The highest BCUT2D eigenvalue weighted by Gasteiger charge is 2.23. The van der Waals surface area contributed by atoms with Gasteiger partial charge in [-0.05, 0) is 19.3 Å². The highest BCUT2D eigenvalue weighted by Crippen LogP contribution is 2.34. The van der Waals surface area contributed by atoms with E-state index in [4.69, 9.17) is 5.73 Å². The van der Waals surface area contributed by atoms with Crippen LogP contribution in [0.1, 0.15) is 50.2 Å². The first-order valence-corrected chi connectivity index (χ1v) is 5.30. The van der Waals surface area contributed by atoms with Gasteiger partial charge in [-0.15, -0.1) is 0 Å². The summed E-state index contributed by atoms with van der Waals surface area (Å²) in [5, 5.41) is 0. The lowest BCUT2D eigenvalue weighted by Crippen LogP contribution is -2.16. The van der Waals surface area contributed by atoms with E-state index in [1.807, 2.05) is 0 Å². The molecule has 1 aliphatic rings. The lowest BCUT2D eigenvalue weighted by molar-refractivity contribution is 0.399. The summed E-state index contributed by atoms with van der Waals surface area (Å²) in [5.41, 5.74) is 5.64. The normalized spacial score (nSPS) is 16.6. The average molecular weight is 192 g/mol. The van der Waals surface area contributed by atoms with Gasteiger partial charge in [-0.2, -0.15) is 9.97 Å². The number of hydrogen-bond acceptors (Lipinski definition) is 4. The molecule has 76 valence electrons. The van der Waals surface area contributed by atoms with E-state index >= 15 is 0 Å². The first-order valence-electron chi connectivity index (χ1n) is 5.30. The Kier molecular flexibility index (Phi) is 2.61. The molecule has 0 radical (unpaired) electrons. The zero-order chi connectivity index (χ0) is 9.97. The number of nitrogens with zero attached hydrogens (tertiary/aromatic N) is 3. The van der Waals surface area contributed by atoms with Crippen LogP contribution in [0.4, 0.5) is 5.95 Å². The number of rotatable bonds is 3. The van der Waals surface area contributed by atoms with Crippen LogP contribution in [-0.2, 0) is 6.42 Å². The summed E-state index contributed by atoms with van der Waals surface area (Å²) in [7, 11) is 0. The summed E-state index contributed by atoms with van der Waals surface area (Å²) in [6.07, 6.45) is 5.64. The Morgan fingerprint density at radius 3 is 2.64 bits per heavy atom. The van der Waals surface area contributed by atoms with Crippen LogP contribution in [0.5, 0.6) is 0 Å². The average Bonchev–Trinajstić information content (AvgIpc) is 1.99. The van der Waals surface area contributed by atoms with Crippen molar-refractivity contribution in [3.05, 3.63) is 11.6 Å². The van der Waals surface area contributed by atoms with Gasteiger partial charge in [-0.3, -0.25) is 0 Å². The van der Waals surface area contributed by atoms with E-state index in [0.717, 1.165) is 24.5 Å². The van der Waals surface area contributed by atoms with Gasteiger partial charge in [0, 0.05) is 12.3 Å². The maximum absolute atomic E-state index is 5.64. The minimum absolute atomic E-state index is 0.380. The lowest BCUT2D eigenvalue weighted by Gasteiger charge is -2.23. The largest absolute Gasteiger partial charge is 0.368 e. The lowest BCUT2D eigenvalue weighted by atomic mass is 9.85. The summed E-state index contributed by atoms with van der Waals surface area (Å²) < 4.78 is 0. The van der Waals surface area contributed by atoms with Crippen LogP contribution in [0.2, 0.25) is 0 Å². The molecule has 14 heavy (non-hydrogen) atoms. The van der Waals surface area contributed by atoms with Crippen molar-refractivity contribution in [3.8, 4) is 0 Å². The molecule has 0 amide bonds. The van der Waals surface area contributed by atoms with Gasteiger partial charge in [0.25, 0.3) is 0 Å². The molecule has 1 aromatic heterocycles. The second-order valence-corrected chi connectivity index (χ2v) is 3.85. The van der Waals surface area contributed by atoms with Gasteiger partial charge in [0.2, 0.25) is 5.95 Å². The smallest absolute Gasteiger partial charge is 0.223 e. The van der Waals surface area contributed by atoms with Crippen LogP contribution in [0.15, 0.2) is 0 Å². The summed E-state index contributed by atoms with van der Waals surface area (Å²) in [5.74, 6) is 2.68. The number of anilines is 1. The van der Waals surface area contributed by atoms with Gasteiger partial charge in [0.05, 0.1) is 0 Å². The number of aromatic nitrogens is 3. The fourth-order valence-corrected chi connectivity index (χ4v) is 1.64. The molecule has 1 heterocycles. The molecule has 0 saturated heterocycles. The van der Waals surface area contributed by atoms with Crippen LogP contribution in [0.25, 0.3) is 0 Å². The van der Waals surface area contributed by atoms with E-state index in [-0.39, 0.29) is 0 Å². The molecule has 2 N–H and O–H groups in total. The van der Waals surface area contributed by atoms with Crippen LogP contribution >= 0.6 is 0 Å². The van der Waals surface area contributed by atoms with E-state index in [2.05, 4.69) is 21.9 Å². The van der Waals surface area contributed by atoms with E-state index in [1.165, 1.54) is 19.3 Å². The van der Waals surface area contributed by atoms with Crippen molar-refractivity contribution in [1.29, 1.82) is 0 Å². The Hall–Kier alpha value is -1.19. The highest BCUT2D eigenvalue weighted by molar-refractivity contribution is 5.18. The quantitative estimate of drug-likeness (QED) is 0.791. The van der Waals surface area contributed by atoms with Crippen molar-refractivity contribution in [2.45, 2.75) is 44.9 Å². The Balaban J connectivity index is 2.21. The van der Waals surface area contributed by atoms with Crippen molar-refractivity contribution >= 4 is 5.95 Å². The summed E-state index contributed by atoms with van der Waals surface area (Å²) in [4.78, 5) is 12.8. The fraction of sp³-hybridized carbons (Fsp3) is 0.700. The third-order valence-corrected chi connectivity index (χ3v) is 2.66. The molecule has 4 nitrogen and oxygen atoms in total. The maximum atomic E-state index is 5.64. The Labute approximate surface area is 84.0 Å². The molecule has 0 aromatic carbocycles. The topological polar surface area (TPSA) is 64.7 Å². The third kappa shape index (κ3) is 1.84. The highest BCUT2D eigenvalue weighted by atomic mass is 15.1. The number of nitrogen functional groups attached to an aromatic ring is 1. The van der Waals surface area contributed by atoms with Gasteiger partial charge in [0.15, 0.2) is 0 Å². The number of nitrogens with two attached hydrogens (primary N) is 1. The van der Waals surface area contributed by atoms with E-state index in [1.54, 1.807) is 0 Å². The van der Waals surface area contributed by atoms with Crippen molar-refractivity contribution in [3.63, 3.8) is 0 Å². The fourth-order valence-electron chi connectivity index (χ4n) is 1.64. The third-order valence-electron chi connectivity index (χ3n) is 2.66. The van der Waals surface area contributed by atoms with Crippen molar-refractivity contribution in [2.24, 2.45) is 0 Å². The van der Waals surface area contributed by atoms with Crippen LogP contribution in [0, 0.1) is 0 Å². The number of hydrogen-bond donors (Lipinski definition) is 1. The van der Waals surface area contributed by atoms with E-state index in [0.29, 0.717) is 11.9 Å². The van der Waals surface area contributed by atoms with Crippen molar-refractivity contribution in [2.75, 3.05) is 5.73 Å². The Morgan fingerprint density at radius 1 is 1.29 bits per heavy atom. The van der Waals surface area contributed by atoms with Crippen molar-refractivity contribution < 1.29 is 0 Å². The first kappa shape index (κ1) is 9.37. The SMILES string of the molecule is CCCc1nc(N)nc(C2CCC2)n1. The van der Waals surface area contributed by atoms with Gasteiger partial charge in [0.1, 0.15) is 11.6 Å². The van der Waals surface area contributed by atoms with E-state index < -0.39 is 0 Å². The minimum Gasteiger partial charge on any atom is -0.368 e. The monoisotopic (exact) mass is 192 g/mol. The molecule has 0 bridgehead atoms. The Morgan fingerprint density at radius 2 is 2.07 bits per heavy atom. The predicted molar refractivity (Wildman–Crippen MR) is 54.8 cm³/mol. The maximum Gasteiger partial charge on any atom is 0.223 e. The minimum atomic E-state index is 0.380. The molecule has 1 fully saturated rings. The summed E-state index contributed by atoms with van der Waals surface area (Å²) in [6, 6.07) is 0. The molecule has 1 aromatic rings. The second kappa shape index (κ2) is 3.90. The van der Waals surface area contributed by atoms with Gasteiger partial charge in [-0.1, -0.05) is 13.3 Å². The standard InChI is InChI=1S/C10H16N4/c1-2-4-8-12-9(7-5-3-6-7)14-10(11)13-8/h7H,2-6H2,1H3,(H2,11,12,13,14). The van der Waals surface area contributed by atoms with Gasteiger partial charge >= 0.3 is 0 Å². The molecule has 1 saturated carbocycles. The zero-order valence-electron chi connectivity index (χ0n) is 8.53.